The number of nitro groups is 1. The van der Waals surface area contributed by atoms with E-state index in [1.54, 1.807) is 6.07 Å². The number of ether oxygens (including phenoxy) is 1. The third kappa shape index (κ3) is 3.85. The Kier molecular flexibility index (Phi) is 4.95. The molecule has 6 heteroatoms. The molecule has 0 aliphatic heterocycles. The Balaban J connectivity index is 2.33. The van der Waals surface area contributed by atoms with Crippen LogP contribution in [-0.2, 0) is 0 Å². The Hall–Kier alpha value is -2.89. The topological polar surface area (TPSA) is 81.5 Å². The minimum absolute atomic E-state index is 0.0377. The number of nitro benzene ring substituents is 1. The van der Waals surface area contributed by atoms with E-state index >= 15 is 0 Å². The highest BCUT2D eigenvalue weighted by Crippen LogP contribution is 2.25. The fourth-order valence-corrected chi connectivity index (χ4v) is 2.16. The normalized spacial score (nSPS) is 10.4. The number of carbonyl (C=O) groups is 1. The minimum Gasteiger partial charge on any atom is -0.497 e. The van der Waals surface area contributed by atoms with E-state index in [9.17, 15) is 14.9 Å². The number of methoxy groups -OCH3 is 1. The number of amides is 1. The minimum atomic E-state index is -0.584. The van der Waals surface area contributed by atoms with Gasteiger partial charge < -0.3 is 10.1 Å². The van der Waals surface area contributed by atoms with Crippen molar-refractivity contribution in [3.05, 3.63) is 63.7 Å². The highest BCUT2D eigenvalue weighted by Gasteiger charge is 2.21. The quantitative estimate of drug-likeness (QED) is 0.668. The summed E-state index contributed by atoms with van der Waals surface area (Å²) in [5, 5.41) is 13.8. The Morgan fingerprint density at radius 3 is 2.57 bits per heavy atom. The van der Waals surface area contributed by atoms with Gasteiger partial charge in [0.25, 0.3) is 11.6 Å². The summed E-state index contributed by atoms with van der Waals surface area (Å²) in [7, 11) is 1.44. The second-order valence-electron chi connectivity index (χ2n) is 5.37. The van der Waals surface area contributed by atoms with E-state index in [0.29, 0.717) is 17.4 Å². The first kappa shape index (κ1) is 16.5. The molecule has 2 rings (SSSR count). The van der Waals surface area contributed by atoms with Crippen LogP contribution >= 0.6 is 0 Å². The predicted octanol–water partition coefficient (Wildman–Crippen LogP) is 3.98. The molecule has 6 nitrogen and oxygen atoms in total. The van der Waals surface area contributed by atoms with E-state index in [2.05, 4.69) is 5.32 Å². The Morgan fingerprint density at radius 2 is 1.96 bits per heavy atom. The lowest BCUT2D eigenvalue weighted by Crippen LogP contribution is -2.14. The lowest BCUT2D eigenvalue weighted by Gasteiger charge is -2.10. The number of nitrogens with one attached hydrogen (secondary N) is 1. The fraction of sp³-hybridized carbons (Fsp3) is 0.235. The smallest absolute Gasteiger partial charge is 0.282 e. The number of nitrogens with zero attached hydrogens (tertiary/aromatic N) is 1. The molecule has 0 saturated heterocycles. The van der Waals surface area contributed by atoms with Gasteiger partial charge in [-0.25, -0.2) is 0 Å². The van der Waals surface area contributed by atoms with Gasteiger partial charge in [-0.2, -0.15) is 0 Å². The zero-order chi connectivity index (χ0) is 17.0. The van der Waals surface area contributed by atoms with Crippen LogP contribution in [0, 0.1) is 10.1 Å². The molecule has 2 aromatic carbocycles. The zero-order valence-corrected chi connectivity index (χ0v) is 13.2. The van der Waals surface area contributed by atoms with Crippen LogP contribution in [0.4, 0.5) is 11.4 Å². The monoisotopic (exact) mass is 314 g/mol. The molecular weight excluding hydrogens is 296 g/mol. The number of anilines is 1. The molecule has 1 N–H and O–H groups in total. The van der Waals surface area contributed by atoms with E-state index in [0.717, 1.165) is 5.56 Å². The van der Waals surface area contributed by atoms with E-state index in [1.807, 2.05) is 32.0 Å². The van der Waals surface area contributed by atoms with Gasteiger partial charge >= 0.3 is 0 Å². The van der Waals surface area contributed by atoms with Gasteiger partial charge in [0.15, 0.2) is 0 Å². The van der Waals surface area contributed by atoms with Crippen LogP contribution in [0.25, 0.3) is 0 Å². The van der Waals surface area contributed by atoms with Crippen molar-refractivity contribution in [2.45, 2.75) is 19.8 Å². The van der Waals surface area contributed by atoms with Crippen LogP contribution in [0.15, 0.2) is 42.5 Å². The number of rotatable bonds is 5. The van der Waals surface area contributed by atoms with Crippen molar-refractivity contribution in [2.75, 3.05) is 12.4 Å². The second kappa shape index (κ2) is 6.91. The molecule has 0 atom stereocenters. The molecule has 0 aliphatic rings. The first-order chi connectivity index (χ1) is 10.9. The molecule has 120 valence electrons. The lowest BCUT2D eigenvalue weighted by atomic mass is 10.0. The van der Waals surface area contributed by atoms with Crippen LogP contribution in [0.2, 0.25) is 0 Å². The molecule has 0 saturated carbocycles. The van der Waals surface area contributed by atoms with Crippen molar-refractivity contribution >= 4 is 17.3 Å². The molecular formula is C17H18N2O4. The maximum absolute atomic E-state index is 12.4. The number of benzene rings is 2. The molecule has 2 aromatic rings. The van der Waals surface area contributed by atoms with Crippen LogP contribution in [-0.4, -0.2) is 17.9 Å². The van der Waals surface area contributed by atoms with E-state index in [-0.39, 0.29) is 11.3 Å². The number of carbonyl (C=O) groups excluding carboxylic acids is 1. The van der Waals surface area contributed by atoms with Crippen LogP contribution in [0.1, 0.15) is 35.7 Å². The third-order valence-corrected chi connectivity index (χ3v) is 3.46. The van der Waals surface area contributed by atoms with Crippen molar-refractivity contribution < 1.29 is 14.5 Å². The van der Waals surface area contributed by atoms with Crippen molar-refractivity contribution in [1.82, 2.24) is 0 Å². The van der Waals surface area contributed by atoms with Gasteiger partial charge in [0.1, 0.15) is 11.3 Å². The maximum atomic E-state index is 12.4. The largest absolute Gasteiger partial charge is 0.497 e. The van der Waals surface area contributed by atoms with E-state index in [1.165, 1.54) is 25.3 Å². The van der Waals surface area contributed by atoms with Gasteiger partial charge in [-0.05, 0) is 35.7 Å². The lowest BCUT2D eigenvalue weighted by molar-refractivity contribution is -0.385. The summed E-state index contributed by atoms with van der Waals surface area (Å²) in [4.78, 5) is 22.9. The summed E-state index contributed by atoms with van der Waals surface area (Å²) in [6.45, 7) is 4.10. The summed E-state index contributed by atoms with van der Waals surface area (Å²) >= 11 is 0. The summed E-state index contributed by atoms with van der Waals surface area (Å²) in [6, 6.07) is 11.5. The van der Waals surface area contributed by atoms with Crippen molar-refractivity contribution in [3.63, 3.8) is 0 Å². The van der Waals surface area contributed by atoms with Crippen LogP contribution in [0.5, 0.6) is 5.75 Å². The van der Waals surface area contributed by atoms with Crippen LogP contribution < -0.4 is 10.1 Å². The van der Waals surface area contributed by atoms with Crippen molar-refractivity contribution in [2.24, 2.45) is 0 Å². The van der Waals surface area contributed by atoms with E-state index < -0.39 is 10.8 Å². The third-order valence-electron chi connectivity index (χ3n) is 3.46. The number of hydrogen-bond acceptors (Lipinski definition) is 4. The molecule has 0 heterocycles. The Bertz CT molecular complexity index is 741. The maximum Gasteiger partial charge on any atom is 0.282 e. The van der Waals surface area contributed by atoms with E-state index in [4.69, 9.17) is 4.74 Å². The summed E-state index contributed by atoms with van der Waals surface area (Å²) in [5.41, 5.74) is 1.37. The van der Waals surface area contributed by atoms with Crippen molar-refractivity contribution in [1.29, 1.82) is 0 Å². The number of hydrogen-bond donors (Lipinski definition) is 1. The second-order valence-corrected chi connectivity index (χ2v) is 5.37. The average Bonchev–Trinajstić information content (AvgIpc) is 2.54. The molecule has 0 fully saturated rings. The van der Waals surface area contributed by atoms with Crippen molar-refractivity contribution in [3.8, 4) is 5.75 Å². The van der Waals surface area contributed by atoms with Gasteiger partial charge in [-0.15, -0.1) is 0 Å². The fourth-order valence-electron chi connectivity index (χ4n) is 2.16. The highest BCUT2D eigenvalue weighted by molar-refractivity contribution is 6.07. The molecule has 0 spiro atoms. The summed E-state index contributed by atoms with van der Waals surface area (Å²) in [5.74, 6) is 0.159. The SMILES string of the molecule is COc1ccc([N+](=O)[O-])c(C(=O)Nc2cccc(C(C)C)c2)c1. The molecule has 0 bridgehead atoms. The molecule has 0 aromatic heterocycles. The predicted molar refractivity (Wildman–Crippen MR) is 88.1 cm³/mol. The van der Waals surface area contributed by atoms with Gasteiger partial charge in [0.2, 0.25) is 0 Å². The average molecular weight is 314 g/mol. The Morgan fingerprint density at radius 1 is 1.22 bits per heavy atom. The van der Waals surface area contributed by atoms with Crippen LogP contribution in [0.3, 0.4) is 0 Å². The molecule has 1 amide bonds. The first-order valence-corrected chi connectivity index (χ1v) is 7.16. The highest BCUT2D eigenvalue weighted by atomic mass is 16.6. The van der Waals surface area contributed by atoms with Gasteiger partial charge in [-0.3, -0.25) is 14.9 Å². The molecule has 0 radical (unpaired) electrons. The molecule has 23 heavy (non-hydrogen) atoms. The first-order valence-electron chi connectivity index (χ1n) is 7.16. The summed E-state index contributed by atoms with van der Waals surface area (Å²) in [6.07, 6.45) is 0. The standard InChI is InChI=1S/C17H18N2O4/c1-11(2)12-5-4-6-13(9-12)18-17(20)15-10-14(23-3)7-8-16(15)19(21)22/h4-11H,1-3H3,(H,18,20). The molecule has 0 aliphatic carbocycles. The Labute approximate surface area is 134 Å². The zero-order valence-electron chi connectivity index (χ0n) is 13.2. The molecule has 0 unspecified atom stereocenters. The van der Waals surface area contributed by atoms with Gasteiger partial charge in [-0.1, -0.05) is 26.0 Å². The summed E-state index contributed by atoms with van der Waals surface area (Å²) < 4.78 is 5.04. The van der Waals surface area contributed by atoms with Gasteiger partial charge in [0, 0.05) is 11.8 Å². The van der Waals surface area contributed by atoms with Gasteiger partial charge in [0.05, 0.1) is 12.0 Å².